The van der Waals surface area contributed by atoms with E-state index in [9.17, 15) is 10.2 Å². The van der Waals surface area contributed by atoms with Crippen molar-refractivity contribution in [3.63, 3.8) is 0 Å². The minimum atomic E-state index is -0.792. The van der Waals surface area contributed by atoms with Crippen molar-refractivity contribution < 1.29 is 10.2 Å². The van der Waals surface area contributed by atoms with Gasteiger partial charge in [-0.25, -0.2) is 0 Å². The van der Waals surface area contributed by atoms with Crippen LogP contribution in [-0.2, 0) is 0 Å². The molecule has 26 heavy (non-hydrogen) atoms. The zero-order valence-electron chi connectivity index (χ0n) is 14.4. The number of rotatable bonds is 6. The topological polar surface area (TPSA) is 52.5 Å². The Morgan fingerprint density at radius 2 is 1.42 bits per heavy atom. The summed E-state index contributed by atoms with van der Waals surface area (Å²) >= 11 is 3.43. The summed E-state index contributed by atoms with van der Waals surface area (Å²) in [6, 6.07) is 16.8. The van der Waals surface area contributed by atoms with E-state index in [1.165, 1.54) is 20.9 Å². The van der Waals surface area contributed by atoms with E-state index in [0.717, 1.165) is 11.1 Å². The fourth-order valence-electron chi connectivity index (χ4n) is 3.32. The molecule has 0 spiro atoms. The second-order valence-corrected chi connectivity index (χ2v) is 8.46. The van der Waals surface area contributed by atoms with E-state index in [1.807, 2.05) is 6.92 Å². The Morgan fingerprint density at radius 1 is 0.885 bits per heavy atom. The van der Waals surface area contributed by atoms with Crippen molar-refractivity contribution in [3.8, 4) is 20.9 Å². The first kappa shape index (κ1) is 17.6. The van der Waals surface area contributed by atoms with Crippen LogP contribution >= 0.6 is 22.7 Å². The average molecular weight is 384 g/mol. The number of nitrogens with one attached hydrogen (secondary N) is 1. The fourth-order valence-corrected chi connectivity index (χ4v) is 4.84. The molecule has 2 aliphatic carbocycles. The highest BCUT2D eigenvalue weighted by molar-refractivity contribution is 7.13. The van der Waals surface area contributed by atoms with Crippen LogP contribution in [0.3, 0.4) is 0 Å². The third-order valence-electron chi connectivity index (χ3n) is 4.84. The lowest BCUT2D eigenvalue weighted by atomic mass is 9.95. The molecule has 0 bridgehead atoms. The maximum Gasteiger partial charge on any atom is 0.110 e. The van der Waals surface area contributed by atoms with Gasteiger partial charge in [-0.15, -0.1) is 22.7 Å². The van der Waals surface area contributed by atoms with Gasteiger partial charge in [-0.2, -0.15) is 0 Å². The van der Waals surface area contributed by atoms with Gasteiger partial charge in [0.25, 0.3) is 0 Å². The van der Waals surface area contributed by atoms with Gasteiger partial charge in [0.05, 0.1) is 6.04 Å². The molecule has 4 aliphatic rings. The summed E-state index contributed by atoms with van der Waals surface area (Å²) in [7, 11) is 0. The standard InChI is InChI=1S/C21H21NO2S2/c1-13(12-23)21(24)22-20(16-6-8-18-14(16)4-2-10-25-18)17-7-9-19-15(17)5-3-11-26-19/h2-11,13,20-24H,12H2,1H3. The molecule has 134 valence electrons. The van der Waals surface area contributed by atoms with Crippen LogP contribution in [0, 0.1) is 5.92 Å². The number of aliphatic hydroxyl groups is 2. The number of aliphatic hydroxyl groups excluding tert-OH is 2. The SMILES string of the molecule is CC(CO)C(O)NC(c1ccc2scccc1-2)c1ccc2scccc1-2. The van der Waals surface area contributed by atoms with E-state index in [-0.39, 0.29) is 18.6 Å². The molecule has 4 rings (SSSR count). The zero-order chi connectivity index (χ0) is 18.1. The Balaban J connectivity index is 1.80. The molecule has 0 aromatic heterocycles. The third-order valence-corrected chi connectivity index (χ3v) is 6.65. The summed E-state index contributed by atoms with van der Waals surface area (Å²) in [5.41, 5.74) is 4.71. The predicted octanol–water partition coefficient (Wildman–Crippen LogP) is 4.65. The molecule has 2 aliphatic heterocycles. The Hall–Kier alpha value is -1.76. The van der Waals surface area contributed by atoms with Crippen LogP contribution in [0.4, 0.5) is 0 Å². The van der Waals surface area contributed by atoms with E-state index in [4.69, 9.17) is 0 Å². The quantitative estimate of drug-likeness (QED) is 0.425. The molecule has 2 unspecified atom stereocenters. The molecule has 2 atom stereocenters. The summed E-state index contributed by atoms with van der Waals surface area (Å²) in [5, 5.41) is 27.5. The Morgan fingerprint density at radius 3 is 1.92 bits per heavy atom. The lowest BCUT2D eigenvalue weighted by molar-refractivity contribution is 0.0448. The van der Waals surface area contributed by atoms with Crippen LogP contribution in [0.5, 0.6) is 0 Å². The molecule has 5 heteroatoms. The largest absolute Gasteiger partial charge is 0.396 e. The highest BCUT2D eigenvalue weighted by Gasteiger charge is 2.27. The Kier molecular flexibility index (Phi) is 5.07. The Labute approximate surface area is 161 Å². The number of hydrogen-bond donors (Lipinski definition) is 3. The highest BCUT2D eigenvalue weighted by Crippen LogP contribution is 2.42. The molecule has 0 fully saturated rings. The van der Waals surface area contributed by atoms with E-state index in [0.29, 0.717) is 0 Å². The van der Waals surface area contributed by atoms with Crippen LogP contribution < -0.4 is 5.32 Å². The van der Waals surface area contributed by atoms with Crippen LogP contribution in [0.15, 0.2) is 59.3 Å². The van der Waals surface area contributed by atoms with Crippen molar-refractivity contribution in [2.24, 2.45) is 5.92 Å². The first-order valence-corrected chi connectivity index (χ1v) is 10.4. The zero-order valence-corrected chi connectivity index (χ0v) is 16.1. The van der Waals surface area contributed by atoms with Gasteiger partial charge in [0, 0.05) is 22.3 Å². The molecule has 0 aromatic rings. The molecule has 0 amide bonds. The van der Waals surface area contributed by atoms with Crippen molar-refractivity contribution in [1.29, 1.82) is 0 Å². The van der Waals surface area contributed by atoms with E-state index >= 15 is 0 Å². The summed E-state index contributed by atoms with van der Waals surface area (Å²) in [5.74, 6) is -0.245. The van der Waals surface area contributed by atoms with Crippen LogP contribution in [0.1, 0.15) is 24.1 Å². The van der Waals surface area contributed by atoms with Gasteiger partial charge in [-0.1, -0.05) is 43.3 Å². The summed E-state index contributed by atoms with van der Waals surface area (Å²) < 4.78 is 0. The maximum atomic E-state index is 10.6. The van der Waals surface area contributed by atoms with Gasteiger partial charge in [0.1, 0.15) is 6.23 Å². The van der Waals surface area contributed by atoms with Gasteiger partial charge >= 0.3 is 0 Å². The summed E-state index contributed by atoms with van der Waals surface area (Å²) in [6.45, 7) is 1.78. The monoisotopic (exact) mass is 383 g/mol. The van der Waals surface area contributed by atoms with Crippen molar-refractivity contribution in [2.45, 2.75) is 19.2 Å². The highest BCUT2D eigenvalue weighted by atomic mass is 32.1. The van der Waals surface area contributed by atoms with Gasteiger partial charge in [0.2, 0.25) is 0 Å². The van der Waals surface area contributed by atoms with Gasteiger partial charge in [0.15, 0.2) is 0 Å². The van der Waals surface area contributed by atoms with Crippen molar-refractivity contribution in [3.05, 3.63) is 70.4 Å². The first-order chi connectivity index (χ1) is 12.7. The molecule has 0 saturated carbocycles. The second kappa shape index (κ2) is 7.47. The average Bonchev–Trinajstić information content (AvgIpc) is 3.30. The van der Waals surface area contributed by atoms with Crippen LogP contribution in [0.25, 0.3) is 20.9 Å². The minimum absolute atomic E-state index is 0.0610. The minimum Gasteiger partial charge on any atom is -0.396 e. The van der Waals surface area contributed by atoms with Gasteiger partial charge in [-0.3, -0.25) is 5.32 Å². The van der Waals surface area contributed by atoms with E-state index in [1.54, 1.807) is 22.7 Å². The van der Waals surface area contributed by atoms with Gasteiger partial charge in [-0.05, 0) is 45.1 Å². The molecule has 3 N–H and O–H groups in total. The lowest BCUT2D eigenvalue weighted by Crippen LogP contribution is -2.39. The second-order valence-electron chi connectivity index (χ2n) is 6.56. The normalized spacial score (nSPS) is 14.3. The molecule has 2 heterocycles. The maximum absolute atomic E-state index is 10.6. The van der Waals surface area contributed by atoms with Crippen LogP contribution in [0.2, 0.25) is 0 Å². The molecular weight excluding hydrogens is 362 g/mol. The van der Waals surface area contributed by atoms with Crippen LogP contribution in [-0.4, -0.2) is 23.0 Å². The molecule has 0 aromatic carbocycles. The lowest BCUT2D eigenvalue weighted by Gasteiger charge is -2.27. The smallest absolute Gasteiger partial charge is 0.110 e. The molecule has 0 radical (unpaired) electrons. The molecule has 0 saturated heterocycles. The van der Waals surface area contributed by atoms with E-state index < -0.39 is 6.23 Å². The number of fused-ring (bicyclic) bond motifs is 2. The molecule has 3 nitrogen and oxygen atoms in total. The first-order valence-electron chi connectivity index (χ1n) is 8.66. The third kappa shape index (κ3) is 3.17. The van der Waals surface area contributed by atoms with Crippen molar-refractivity contribution in [2.75, 3.05) is 6.61 Å². The molecular formula is C21H21NO2S2. The summed E-state index contributed by atoms with van der Waals surface area (Å²) in [6.07, 6.45) is -0.792. The summed E-state index contributed by atoms with van der Waals surface area (Å²) in [4.78, 5) is 2.47. The predicted molar refractivity (Wildman–Crippen MR) is 109 cm³/mol. The van der Waals surface area contributed by atoms with Crippen molar-refractivity contribution >= 4 is 22.7 Å². The fraction of sp³-hybridized carbons (Fsp3) is 0.238. The van der Waals surface area contributed by atoms with Gasteiger partial charge < -0.3 is 10.2 Å². The Bertz CT molecular complexity index is 864. The van der Waals surface area contributed by atoms with Crippen molar-refractivity contribution in [1.82, 2.24) is 5.32 Å². The van der Waals surface area contributed by atoms with E-state index in [2.05, 4.69) is 64.6 Å². The number of hydrogen-bond acceptors (Lipinski definition) is 5.